The lowest BCUT2D eigenvalue weighted by Gasteiger charge is -2.39. The zero-order chi connectivity index (χ0) is 21.9. The highest BCUT2D eigenvalue weighted by molar-refractivity contribution is 7.92. The summed E-state index contributed by atoms with van der Waals surface area (Å²) in [6.45, 7) is 3.52. The first-order valence-electron chi connectivity index (χ1n) is 9.75. The molecule has 0 unspecified atom stereocenters. The lowest BCUT2D eigenvalue weighted by molar-refractivity contribution is -0.132. The van der Waals surface area contributed by atoms with Gasteiger partial charge in [-0.05, 0) is 42.8 Å². The predicted molar refractivity (Wildman–Crippen MR) is 118 cm³/mol. The minimum Gasteiger partial charge on any atom is -0.366 e. The van der Waals surface area contributed by atoms with Crippen LogP contribution in [0, 0.1) is 5.82 Å². The van der Waals surface area contributed by atoms with E-state index in [1.807, 2.05) is 4.90 Å². The summed E-state index contributed by atoms with van der Waals surface area (Å²) in [6, 6.07) is 12.1. The molecular formula is C21H25ClFN3O3S. The third-order valence-corrected chi connectivity index (χ3v) is 6.61. The molecular weight excluding hydrogens is 429 g/mol. The average Bonchev–Trinajstić information content (AvgIpc) is 2.72. The fraction of sp³-hybridized carbons (Fsp3) is 0.381. The Morgan fingerprint density at radius 2 is 1.70 bits per heavy atom. The van der Waals surface area contributed by atoms with Crippen molar-refractivity contribution in [3.63, 3.8) is 0 Å². The molecule has 0 N–H and O–H groups in total. The lowest BCUT2D eigenvalue weighted by atomic mass is 10.1. The normalized spacial score (nSPS) is 15.7. The quantitative estimate of drug-likeness (QED) is 0.672. The third-order valence-electron chi connectivity index (χ3n) is 5.18. The maximum Gasteiger partial charge on any atom is 0.246 e. The second-order valence-corrected chi connectivity index (χ2v) is 9.52. The number of rotatable bonds is 6. The maximum atomic E-state index is 14.1. The molecule has 2 aromatic rings. The van der Waals surface area contributed by atoms with Crippen LogP contribution in [-0.2, 0) is 14.8 Å². The third kappa shape index (κ3) is 4.87. The zero-order valence-corrected chi connectivity index (χ0v) is 18.5. The lowest BCUT2D eigenvalue weighted by Crippen LogP contribution is -2.56. The van der Waals surface area contributed by atoms with Crippen LogP contribution in [0.2, 0.25) is 5.02 Å². The maximum absolute atomic E-state index is 14.1. The molecule has 1 saturated heterocycles. The van der Waals surface area contributed by atoms with Crippen molar-refractivity contribution in [1.29, 1.82) is 0 Å². The monoisotopic (exact) mass is 453 g/mol. The van der Waals surface area contributed by atoms with E-state index >= 15 is 0 Å². The Bertz CT molecular complexity index is 993. The molecule has 30 heavy (non-hydrogen) atoms. The molecule has 0 radical (unpaired) electrons. The molecule has 0 spiro atoms. The summed E-state index contributed by atoms with van der Waals surface area (Å²) in [5.41, 5.74) is 0.905. The molecule has 1 aliphatic rings. The van der Waals surface area contributed by atoms with Gasteiger partial charge in [-0.1, -0.05) is 30.7 Å². The van der Waals surface area contributed by atoms with Gasteiger partial charge in [-0.2, -0.15) is 0 Å². The topological polar surface area (TPSA) is 60.9 Å². The molecule has 1 atom stereocenters. The van der Waals surface area contributed by atoms with Gasteiger partial charge in [0.2, 0.25) is 15.9 Å². The highest BCUT2D eigenvalue weighted by Gasteiger charge is 2.35. The molecule has 0 aromatic heterocycles. The van der Waals surface area contributed by atoms with Gasteiger partial charge in [0.15, 0.2) is 0 Å². The van der Waals surface area contributed by atoms with Gasteiger partial charge in [0.05, 0.1) is 17.6 Å². The number of hydrogen-bond donors (Lipinski definition) is 0. The van der Waals surface area contributed by atoms with Crippen LogP contribution in [0.25, 0.3) is 0 Å². The van der Waals surface area contributed by atoms with E-state index in [1.165, 1.54) is 6.07 Å². The van der Waals surface area contributed by atoms with E-state index in [9.17, 15) is 17.6 Å². The number of carbonyl (C=O) groups is 1. The van der Waals surface area contributed by atoms with Crippen LogP contribution in [0.3, 0.4) is 0 Å². The first-order chi connectivity index (χ1) is 14.2. The molecule has 1 aliphatic heterocycles. The van der Waals surface area contributed by atoms with Crippen molar-refractivity contribution in [2.24, 2.45) is 0 Å². The Labute approximate surface area is 181 Å². The molecule has 1 heterocycles. The Hall–Kier alpha value is -2.32. The number of benzene rings is 2. The van der Waals surface area contributed by atoms with E-state index in [0.29, 0.717) is 49.0 Å². The zero-order valence-electron chi connectivity index (χ0n) is 17.0. The van der Waals surface area contributed by atoms with Crippen LogP contribution < -0.4 is 9.21 Å². The van der Waals surface area contributed by atoms with E-state index < -0.39 is 16.1 Å². The highest BCUT2D eigenvalue weighted by atomic mass is 35.5. The second kappa shape index (κ2) is 9.22. The molecule has 0 aliphatic carbocycles. The smallest absolute Gasteiger partial charge is 0.246 e. The minimum atomic E-state index is -3.70. The SMILES string of the molecule is CC[C@@H](C(=O)N1CCN(c2ccccc2F)CC1)N(c1ccc(Cl)cc1)S(C)(=O)=O. The molecule has 1 amide bonds. The van der Waals surface area contributed by atoms with Crippen molar-refractivity contribution in [3.8, 4) is 0 Å². The van der Waals surface area contributed by atoms with Gasteiger partial charge in [-0.3, -0.25) is 9.10 Å². The summed E-state index contributed by atoms with van der Waals surface area (Å²) in [5.74, 6) is -0.555. The number of para-hydroxylation sites is 1. The molecule has 2 aromatic carbocycles. The summed E-state index contributed by atoms with van der Waals surface area (Å²) in [5, 5.41) is 0.482. The molecule has 3 rings (SSSR count). The number of carbonyl (C=O) groups excluding carboxylic acids is 1. The van der Waals surface area contributed by atoms with E-state index in [0.717, 1.165) is 10.6 Å². The number of piperazine rings is 1. The summed E-state index contributed by atoms with van der Waals surface area (Å²) in [4.78, 5) is 16.8. The van der Waals surface area contributed by atoms with Crippen LogP contribution in [0.4, 0.5) is 15.8 Å². The Kier molecular flexibility index (Phi) is 6.88. The summed E-state index contributed by atoms with van der Waals surface area (Å²) < 4.78 is 40.3. The minimum absolute atomic E-state index is 0.258. The summed E-state index contributed by atoms with van der Waals surface area (Å²) in [6.07, 6.45) is 1.41. The van der Waals surface area contributed by atoms with Gasteiger partial charge in [0.25, 0.3) is 0 Å². The van der Waals surface area contributed by atoms with Gasteiger partial charge < -0.3 is 9.80 Å². The summed E-state index contributed by atoms with van der Waals surface area (Å²) in [7, 11) is -3.70. The number of anilines is 2. The van der Waals surface area contributed by atoms with Crippen LogP contribution in [0.1, 0.15) is 13.3 Å². The first-order valence-corrected chi connectivity index (χ1v) is 12.0. The molecule has 162 valence electrons. The van der Waals surface area contributed by atoms with Crippen molar-refractivity contribution in [1.82, 2.24) is 4.90 Å². The number of hydrogen-bond acceptors (Lipinski definition) is 4. The van der Waals surface area contributed by atoms with Crippen molar-refractivity contribution in [2.45, 2.75) is 19.4 Å². The van der Waals surface area contributed by atoms with E-state index in [-0.39, 0.29) is 11.7 Å². The number of halogens is 2. The first kappa shape index (κ1) is 22.4. The molecule has 0 bridgehead atoms. The van der Waals surface area contributed by atoms with Crippen LogP contribution in [0.5, 0.6) is 0 Å². The Balaban J connectivity index is 1.78. The predicted octanol–water partition coefficient (Wildman–Crippen LogP) is 3.37. The van der Waals surface area contributed by atoms with Crippen LogP contribution in [-0.4, -0.2) is 57.7 Å². The van der Waals surface area contributed by atoms with Crippen LogP contribution >= 0.6 is 11.6 Å². The fourth-order valence-corrected chi connectivity index (χ4v) is 5.05. The standard InChI is InChI=1S/C21H25ClFN3O3S/c1-3-19(26(30(2,28)29)17-10-8-16(22)9-11-17)21(27)25-14-12-24(13-15-25)20-7-5-4-6-18(20)23/h4-11,19H,3,12-15H2,1-2H3/t19-/m0/s1. The number of nitrogens with zero attached hydrogens (tertiary/aromatic N) is 3. The van der Waals surface area contributed by atoms with Crippen molar-refractivity contribution in [3.05, 3.63) is 59.4 Å². The largest absolute Gasteiger partial charge is 0.366 e. The van der Waals surface area contributed by atoms with Gasteiger partial charge in [0, 0.05) is 31.2 Å². The van der Waals surface area contributed by atoms with Crippen molar-refractivity contribution in [2.75, 3.05) is 41.6 Å². The van der Waals surface area contributed by atoms with Crippen molar-refractivity contribution < 1.29 is 17.6 Å². The molecule has 6 nitrogen and oxygen atoms in total. The number of sulfonamides is 1. The van der Waals surface area contributed by atoms with Gasteiger partial charge in [-0.25, -0.2) is 12.8 Å². The van der Waals surface area contributed by atoms with E-state index in [1.54, 1.807) is 54.3 Å². The van der Waals surface area contributed by atoms with E-state index in [2.05, 4.69) is 0 Å². The van der Waals surface area contributed by atoms with E-state index in [4.69, 9.17) is 11.6 Å². The van der Waals surface area contributed by atoms with Gasteiger partial charge in [0.1, 0.15) is 11.9 Å². The number of amides is 1. The van der Waals surface area contributed by atoms with Gasteiger partial charge >= 0.3 is 0 Å². The fourth-order valence-electron chi connectivity index (χ4n) is 3.72. The van der Waals surface area contributed by atoms with Crippen molar-refractivity contribution >= 4 is 38.9 Å². The second-order valence-electron chi connectivity index (χ2n) is 7.22. The summed E-state index contributed by atoms with van der Waals surface area (Å²) >= 11 is 5.93. The Morgan fingerprint density at radius 3 is 2.23 bits per heavy atom. The average molecular weight is 454 g/mol. The molecule has 1 fully saturated rings. The highest BCUT2D eigenvalue weighted by Crippen LogP contribution is 2.26. The molecule has 9 heteroatoms. The van der Waals surface area contributed by atoms with Crippen LogP contribution in [0.15, 0.2) is 48.5 Å². The van der Waals surface area contributed by atoms with Gasteiger partial charge in [-0.15, -0.1) is 0 Å². The molecule has 0 saturated carbocycles. The Morgan fingerprint density at radius 1 is 1.10 bits per heavy atom.